The molecule has 2 rings (SSSR count). The summed E-state index contributed by atoms with van der Waals surface area (Å²) in [6.07, 6.45) is 0.783. The van der Waals surface area contributed by atoms with Crippen LogP contribution in [0.3, 0.4) is 0 Å². The van der Waals surface area contributed by atoms with Crippen molar-refractivity contribution in [3.8, 4) is 0 Å². The van der Waals surface area contributed by atoms with E-state index in [2.05, 4.69) is 10.4 Å². The zero-order valence-corrected chi connectivity index (χ0v) is 14.1. The molecular formula is C18H21N3O4. The first-order valence-electron chi connectivity index (χ1n) is 7.95. The van der Waals surface area contributed by atoms with Crippen LogP contribution in [-0.2, 0) is 11.3 Å². The zero-order chi connectivity index (χ0) is 18.1. The molecule has 0 radical (unpaired) electrons. The molecule has 25 heavy (non-hydrogen) atoms. The van der Waals surface area contributed by atoms with Gasteiger partial charge in [0.1, 0.15) is 0 Å². The van der Waals surface area contributed by atoms with Gasteiger partial charge in [0.15, 0.2) is 0 Å². The maximum Gasteiger partial charge on any atom is 0.274 e. The lowest BCUT2D eigenvalue weighted by Gasteiger charge is -2.16. The molecule has 0 atom stereocenters. The number of nitrogens with one attached hydrogen (secondary N) is 1. The Hall–Kier alpha value is -2.77. The fourth-order valence-corrected chi connectivity index (χ4v) is 2.18. The molecule has 1 amide bonds. The number of nitrogens with zero attached hydrogens (tertiary/aromatic N) is 2. The third-order valence-corrected chi connectivity index (χ3v) is 3.71. The Labute approximate surface area is 146 Å². The Balaban J connectivity index is 1.63. The van der Waals surface area contributed by atoms with Crippen LogP contribution in [0.25, 0.3) is 0 Å². The van der Waals surface area contributed by atoms with Crippen molar-refractivity contribution in [2.75, 3.05) is 26.7 Å². The standard InChI is InChI=1S/C18H21N3O4/c1-20(12-11-15-7-9-17(10-8-15)21(23)24)13-14-25-19-18(22)16-5-3-2-4-6-16/h2-10H,11-14H2,1H3,(H,19,22). The van der Waals surface area contributed by atoms with Crippen molar-refractivity contribution in [1.82, 2.24) is 10.4 Å². The molecule has 0 aromatic heterocycles. The van der Waals surface area contributed by atoms with Gasteiger partial charge in [-0.25, -0.2) is 5.48 Å². The number of carbonyl (C=O) groups is 1. The predicted octanol–water partition coefficient (Wildman–Crippen LogP) is 2.43. The minimum absolute atomic E-state index is 0.0969. The van der Waals surface area contributed by atoms with Gasteiger partial charge in [0.25, 0.3) is 11.6 Å². The summed E-state index contributed by atoms with van der Waals surface area (Å²) in [4.78, 5) is 29.3. The number of carbonyl (C=O) groups excluding carboxylic acids is 1. The number of hydroxylamine groups is 1. The van der Waals surface area contributed by atoms with Gasteiger partial charge in [0.05, 0.1) is 11.5 Å². The molecule has 0 aliphatic rings. The molecule has 1 N–H and O–H groups in total. The van der Waals surface area contributed by atoms with Gasteiger partial charge >= 0.3 is 0 Å². The van der Waals surface area contributed by atoms with E-state index in [4.69, 9.17) is 4.84 Å². The summed E-state index contributed by atoms with van der Waals surface area (Å²) in [6.45, 7) is 1.81. The summed E-state index contributed by atoms with van der Waals surface area (Å²) in [6, 6.07) is 15.4. The van der Waals surface area contributed by atoms with Gasteiger partial charge in [-0.1, -0.05) is 30.3 Å². The van der Waals surface area contributed by atoms with Gasteiger partial charge in [-0.2, -0.15) is 0 Å². The Morgan fingerprint density at radius 1 is 1.12 bits per heavy atom. The highest BCUT2D eigenvalue weighted by atomic mass is 16.7. The smallest absolute Gasteiger partial charge is 0.274 e. The van der Waals surface area contributed by atoms with Crippen LogP contribution in [0.1, 0.15) is 15.9 Å². The lowest BCUT2D eigenvalue weighted by Crippen LogP contribution is -2.30. The average Bonchev–Trinajstić information content (AvgIpc) is 2.64. The van der Waals surface area contributed by atoms with Crippen molar-refractivity contribution >= 4 is 11.6 Å². The number of rotatable bonds is 9. The minimum atomic E-state index is -0.406. The van der Waals surface area contributed by atoms with Crippen molar-refractivity contribution in [2.24, 2.45) is 0 Å². The van der Waals surface area contributed by atoms with E-state index in [1.54, 1.807) is 36.4 Å². The van der Waals surface area contributed by atoms with Gasteiger partial charge < -0.3 is 4.90 Å². The lowest BCUT2D eigenvalue weighted by molar-refractivity contribution is -0.384. The Morgan fingerprint density at radius 2 is 1.80 bits per heavy atom. The molecule has 132 valence electrons. The van der Waals surface area contributed by atoms with Crippen LogP contribution in [-0.4, -0.2) is 42.5 Å². The van der Waals surface area contributed by atoms with Crippen molar-refractivity contribution < 1.29 is 14.6 Å². The molecule has 0 spiro atoms. The quantitative estimate of drug-likeness (QED) is 0.429. The van der Waals surface area contributed by atoms with Crippen LogP contribution in [0.15, 0.2) is 54.6 Å². The highest BCUT2D eigenvalue weighted by molar-refractivity contribution is 5.93. The molecule has 0 unspecified atom stereocenters. The second kappa shape index (κ2) is 9.51. The molecule has 0 saturated heterocycles. The van der Waals surface area contributed by atoms with Crippen molar-refractivity contribution in [3.05, 3.63) is 75.8 Å². The molecule has 7 nitrogen and oxygen atoms in total. The summed E-state index contributed by atoms with van der Waals surface area (Å²) in [5.74, 6) is -0.269. The fraction of sp³-hybridized carbons (Fsp3) is 0.278. The lowest BCUT2D eigenvalue weighted by atomic mass is 10.1. The second-order valence-electron chi connectivity index (χ2n) is 5.62. The summed E-state index contributed by atoms with van der Waals surface area (Å²) in [5.41, 5.74) is 4.10. The molecule has 0 aliphatic heterocycles. The van der Waals surface area contributed by atoms with Gasteiger partial charge in [0, 0.05) is 30.8 Å². The summed E-state index contributed by atoms with van der Waals surface area (Å²) in [7, 11) is 1.95. The van der Waals surface area contributed by atoms with Crippen LogP contribution < -0.4 is 5.48 Å². The molecule has 0 bridgehead atoms. The molecule has 0 heterocycles. The molecule has 2 aromatic carbocycles. The third kappa shape index (κ3) is 6.33. The first kappa shape index (κ1) is 18.6. The second-order valence-corrected chi connectivity index (χ2v) is 5.62. The number of amides is 1. The summed E-state index contributed by atoms with van der Waals surface area (Å²) in [5, 5.41) is 10.6. The van der Waals surface area contributed by atoms with E-state index in [9.17, 15) is 14.9 Å². The van der Waals surface area contributed by atoms with Crippen molar-refractivity contribution in [1.29, 1.82) is 0 Å². The molecule has 0 fully saturated rings. The van der Waals surface area contributed by atoms with Crippen LogP contribution >= 0.6 is 0 Å². The summed E-state index contributed by atoms with van der Waals surface area (Å²) >= 11 is 0. The van der Waals surface area contributed by atoms with Gasteiger partial charge in [-0.05, 0) is 31.2 Å². The first-order valence-corrected chi connectivity index (χ1v) is 7.95. The van der Waals surface area contributed by atoms with Crippen molar-refractivity contribution in [2.45, 2.75) is 6.42 Å². The van der Waals surface area contributed by atoms with E-state index >= 15 is 0 Å². The highest BCUT2D eigenvalue weighted by Gasteiger charge is 2.06. The molecule has 7 heteroatoms. The number of hydrogen-bond acceptors (Lipinski definition) is 5. The average molecular weight is 343 g/mol. The van der Waals surface area contributed by atoms with Crippen LogP contribution in [0.2, 0.25) is 0 Å². The fourth-order valence-electron chi connectivity index (χ4n) is 2.18. The van der Waals surface area contributed by atoms with Crippen LogP contribution in [0, 0.1) is 10.1 Å². The Kier molecular flexibility index (Phi) is 7.06. The normalized spacial score (nSPS) is 10.6. The SMILES string of the molecule is CN(CCONC(=O)c1ccccc1)CCc1ccc([N+](=O)[O-])cc1. The Bertz CT molecular complexity index is 689. The molecular weight excluding hydrogens is 322 g/mol. The van der Waals surface area contributed by atoms with E-state index in [1.165, 1.54) is 12.1 Å². The topological polar surface area (TPSA) is 84.7 Å². The van der Waals surface area contributed by atoms with E-state index in [0.717, 1.165) is 18.5 Å². The molecule has 0 saturated carbocycles. The Morgan fingerprint density at radius 3 is 2.44 bits per heavy atom. The number of benzene rings is 2. The predicted molar refractivity (Wildman–Crippen MR) is 94.2 cm³/mol. The zero-order valence-electron chi connectivity index (χ0n) is 14.1. The summed E-state index contributed by atoms with van der Waals surface area (Å²) < 4.78 is 0. The van der Waals surface area contributed by atoms with Crippen molar-refractivity contribution in [3.63, 3.8) is 0 Å². The maximum atomic E-state index is 11.8. The number of nitro groups is 1. The first-order chi connectivity index (χ1) is 12.1. The third-order valence-electron chi connectivity index (χ3n) is 3.71. The number of non-ortho nitro benzene ring substituents is 1. The maximum absolute atomic E-state index is 11.8. The molecule has 0 aliphatic carbocycles. The number of likely N-dealkylation sites (N-methyl/N-ethyl adjacent to an activating group) is 1. The van der Waals surface area contributed by atoms with E-state index in [0.29, 0.717) is 18.7 Å². The van der Waals surface area contributed by atoms with E-state index in [-0.39, 0.29) is 11.6 Å². The van der Waals surface area contributed by atoms with E-state index < -0.39 is 4.92 Å². The highest BCUT2D eigenvalue weighted by Crippen LogP contribution is 2.12. The van der Waals surface area contributed by atoms with Crippen LogP contribution in [0.4, 0.5) is 5.69 Å². The van der Waals surface area contributed by atoms with Gasteiger partial charge in [-0.15, -0.1) is 0 Å². The largest absolute Gasteiger partial charge is 0.304 e. The monoisotopic (exact) mass is 343 g/mol. The number of hydrogen-bond donors (Lipinski definition) is 1. The van der Waals surface area contributed by atoms with Crippen LogP contribution in [0.5, 0.6) is 0 Å². The molecule has 2 aromatic rings. The number of nitro benzene ring substituents is 1. The van der Waals surface area contributed by atoms with E-state index in [1.807, 2.05) is 13.1 Å². The van der Waals surface area contributed by atoms with Gasteiger partial charge in [-0.3, -0.25) is 19.7 Å². The minimum Gasteiger partial charge on any atom is -0.304 e. The van der Waals surface area contributed by atoms with Gasteiger partial charge in [0.2, 0.25) is 0 Å².